The second kappa shape index (κ2) is 11.5. The predicted molar refractivity (Wildman–Crippen MR) is 189 cm³/mol. The number of aromatic nitrogens is 3. The molecule has 0 radical (unpaired) electrons. The lowest BCUT2D eigenvalue weighted by atomic mass is 9.80. The largest absolute Gasteiger partial charge is 0.274 e. The topological polar surface area (TPSA) is 146 Å². The molecule has 1 aliphatic heterocycles. The van der Waals surface area contributed by atoms with Crippen LogP contribution in [-0.2, 0) is 0 Å². The van der Waals surface area contributed by atoms with Gasteiger partial charge in [-0.15, -0.1) is 0 Å². The summed E-state index contributed by atoms with van der Waals surface area (Å²) < 4.78 is 0. The molecule has 8 heteroatoms. The summed E-state index contributed by atoms with van der Waals surface area (Å²) in [5.74, 6) is 0.0536. The highest BCUT2D eigenvalue weighted by Crippen LogP contribution is 2.48. The molecule has 0 saturated carbocycles. The lowest BCUT2D eigenvalue weighted by Gasteiger charge is -2.24. The lowest BCUT2D eigenvalue weighted by Crippen LogP contribution is -2.12. The van der Waals surface area contributed by atoms with E-state index >= 15 is 0 Å². The van der Waals surface area contributed by atoms with Gasteiger partial charge in [0.2, 0.25) is 0 Å². The zero-order valence-electron chi connectivity index (χ0n) is 26.1. The molecule has 8 rings (SSSR count). The summed E-state index contributed by atoms with van der Waals surface area (Å²) >= 11 is 0. The summed E-state index contributed by atoms with van der Waals surface area (Å²) in [6, 6.07) is 30.8. The Labute approximate surface area is 281 Å². The Balaban J connectivity index is 1.59. The van der Waals surface area contributed by atoms with Gasteiger partial charge in [-0.1, -0.05) is 31.2 Å². The second-order valence-corrected chi connectivity index (χ2v) is 12.0. The Hall–Kier alpha value is -7.26. The van der Waals surface area contributed by atoms with Crippen LogP contribution in [0.25, 0.3) is 71.3 Å². The van der Waals surface area contributed by atoms with Crippen LogP contribution in [0.1, 0.15) is 29.4 Å². The first-order chi connectivity index (χ1) is 24.0. The van der Waals surface area contributed by atoms with Crippen molar-refractivity contribution in [1.29, 1.82) is 21.0 Å². The molecule has 0 spiro atoms. The van der Waals surface area contributed by atoms with E-state index in [4.69, 9.17) is 0 Å². The van der Waals surface area contributed by atoms with Gasteiger partial charge in [0.05, 0.1) is 5.56 Å². The van der Waals surface area contributed by atoms with Crippen LogP contribution in [0.2, 0.25) is 0 Å². The SMILES string of the molecule is CC1CN=C(C#N)C=C1c1cc(-c2ccnc(C#N)c2)c2ccc3c(-c4ccncc4C#N)cc(-c4ccnc(C#N)c4)c4ccc1c2c43. The fourth-order valence-electron chi connectivity index (χ4n) is 7.05. The normalized spacial score (nSPS) is 14.1. The number of allylic oxidation sites excluding steroid dienone is 1. The number of pyridine rings is 3. The maximum Gasteiger partial charge on any atom is 0.141 e. The Morgan fingerprint density at radius 2 is 1.16 bits per heavy atom. The summed E-state index contributed by atoms with van der Waals surface area (Å²) in [6.45, 7) is 2.61. The van der Waals surface area contributed by atoms with E-state index in [2.05, 4.69) is 87.5 Å². The summed E-state index contributed by atoms with van der Waals surface area (Å²) in [4.78, 5) is 17.1. The average Bonchev–Trinajstić information content (AvgIpc) is 3.16. The molecule has 4 heterocycles. The number of hydrogen-bond donors (Lipinski definition) is 0. The Bertz CT molecular complexity index is 2760. The van der Waals surface area contributed by atoms with Crippen LogP contribution in [0.15, 0.2) is 103 Å². The predicted octanol–water partition coefficient (Wildman–Crippen LogP) is 8.38. The third-order valence-electron chi connectivity index (χ3n) is 9.29. The summed E-state index contributed by atoms with van der Waals surface area (Å²) in [6.07, 6.45) is 8.42. The average molecular weight is 627 g/mol. The molecule has 0 N–H and O–H groups in total. The summed E-state index contributed by atoms with van der Waals surface area (Å²) in [5.41, 5.74) is 8.52. The van der Waals surface area contributed by atoms with Crippen molar-refractivity contribution in [2.75, 3.05) is 6.54 Å². The molecule has 0 saturated heterocycles. The Kier molecular flexibility index (Phi) is 6.85. The summed E-state index contributed by atoms with van der Waals surface area (Å²) in [5, 5.41) is 45.3. The van der Waals surface area contributed by atoms with Gasteiger partial charge < -0.3 is 0 Å². The Morgan fingerprint density at radius 1 is 0.592 bits per heavy atom. The van der Waals surface area contributed by atoms with Crippen LogP contribution in [0.4, 0.5) is 0 Å². The standard InChI is InChI=1S/C41H22N8/c1-23-21-49-29(20-45)14-35(23)39-16-37(25-7-11-48-28(13-25)19-44)32-2-4-33-38(30-8-9-46-22-26(30)17-42)15-36(24-6-10-47-27(12-24)18-43)31-3-5-34(39)41(32)40(31)33/h2-16,22-23H,21H2,1H3. The number of benzene rings is 4. The van der Waals surface area contributed by atoms with E-state index in [1.54, 1.807) is 36.9 Å². The molecule has 3 aromatic heterocycles. The van der Waals surface area contributed by atoms with Gasteiger partial charge in [0.1, 0.15) is 41.4 Å². The van der Waals surface area contributed by atoms with Crippen molar-refractivity contribution >= 4 is 43.6 Å². The summed E-state index contributed by atoms with van der Waals surface area (Å²) in [7, 11) is 0. The van der Waals surface area contributed by atoms with Crippen molar-refractivity contribution in [3.05, 3.63) is 120 Å². The second-order valence-electron chi connectivity index (χ2n) is 12.0. The molecule has 0 aliphatic carbocycles. The molecule has 4 aromatic carbocycles. The maximum absolute atomic E-state index is 10.1. The van der Waals surface area contributed by atoms with Gasteiger partial charge in [-0.2, -0.15) is 21.0 Å². The van der Waals surface area contributed by atoms with E-state index in [9.17, 15) is 21.0 Å². The van der Waals surface area contributed by atoms with Crippen LogP contribution in [-0.4, -0.2) is 27.2 Å². The molecule has 0 amide bonds. The van der Waals surface area contributed by atoms with Crippen molar-refractivity contribution in [1.82, 2.24) is 15.0 Å². The molecule has 8 nitrogen and oxygen atoms in total. The van der Waals surface area contributed by atoms with Gasteiger partial charge in [-0.05, 0) is 120 Å². The maximum atomic E-state index is 10.1. The highest BCUT2D eigenvalue weighted by molar-refractivity contribution is 6.31. The molecular weight excluding hydrogens is 605 g/mol. The fourth-order valence-corrected chi connectivity index (χ4v) is 7.05. The van der Waals surface area contributed by atoms with Crippen LogP contribution in [0, 0.1) is 51.2 Å². The highest BCUT2D eigenvalue weighted by atomic mass is 14.8. The van der Waals surface area contributed by atoms with Gasteiger partial charge in [0.15, 0.2) is 0 Å². The van der Waals surface area contributed by atoms with E-state index < -0.39 is 0 Å². The fraction of sp³-hybridized carbons (Fsp3) is 0.0732. The number of nitriles is 4. The van der Waals surface area contributed by atoms with Crippen molar-refractivity contribution in [3.63, 3.8) is 0 Å². The molecule has 7 aromatic rings. The van der Waals surface area contributed by atoms with E-state index in [1.807, 2.05) is 24.3 Å². The molecule has 1 aliphatic rings. The first-order valence-electron chi connectivity index (χ1n) is 15.6. The smallest absolute Gasteiger partial charge is 0.141 e. The zero-order valence-corrected chi connectivity index (χ0v) is 26.1. The van der Waals surface area contributed by atoms with Gasteiger partial charge in [0.25, 0.3) is 0 Å². The van der Waals surface area contributed by atoms with Gasteiger partial charge >= 0.3 is 0 Å². The van der Waals surface area contributed by atoms with Crippen molar-refractivity contribution in [2.45, 2.75) is 6.92 Å². The molecule has 0 fully saturated rings. The molecule has 1 atom stereocenters. The van der Waals surface area contributed by atoms with Crippen LogP contribution in [0.3, 0.4) is 0 Å². The van der Waals surface area contributed by atoms with E-state index in [1.165, 1.54) is 0 Å². The third kappa shape index (κ3) is 4.64. The number of hydrogen-bond acceptors (Lipinski definition) is 8. The molecular formula is C41H22N8. The van der Waals surface area contributed by atoms with E-state index in [0.29, 0.717) is 29.2 Å². The minimum atomic E-state index is 0.0536. The van der Waals surface area contributed by atoms with Crippen LogP contribution >= 0.6 is 0 Å². The third-order valence-corrected chi connectivity index (χ3v) is 9.29. The van der Waals surface area contributed by atoms with E-state index in [-0.39, 0.29) is 5.92 Å². The van der Waals surface area contributed by atoms with Crippen LogP contribution in [0.5, 0.6) is 0 Å². The van der Waals surface area contributed by atoms with Crippen LogP contribution < -0.4 is 0 Å². The van der Waals surface area contributed by atoms with Gasteiger partial charge in [-0.3, -0.25) is 9.98 Å². The minimum Gasteiger partial charge on any atom is -0.274 e. The first kappa shape index (κ1) is 29.2. The number of rotatable bonds is 4. The zero-order chi connectivity index (χ0) is 33.6. The Morgan fingerprint density at radius 3 is 1.73 bits per heavy atom. The molecule has 0 bridgehead atoms. The monoisotopic (exact) mass is 626 g/mol. The van der Waals surface area contributed by atoms with Crippen molar-refractivity contribution in [3.8, 4) is 57.7 Å². The van der Waals surface area contributed by atoms with Crippen molar-refractivity contribution in [2.24, 2.45) is 10.9 Å². The number of aliphatic imine (C=N–C) groups is 1. The molecule has 226 valence electrons. The molecule has 1 unspecified atom stereocenters. The van der Waals surface area contributed by atoms with Gasteiger partial charge in [-0.25, -0.2) is 9.97 Å². The first-order valence-corrected chi connectivity index (χ1v) is 15.6. The van der Waals surface area contributed by atoms with Crippen molar-refractivity contribution < 1.29 is 0 Å². The number of nitrogens with zero attached hydrogens (tertiary/aromatic N) is 8. The minimum absolute atomic E-state index is 0.0536. The van der Waals surface area contributed by atoms with Gasteiger partial charge in [0, 0.05) is 42.8 Å². The molecule has 49 heavy (non-hydrogen) atoms. The van der Waals surface area contributed by atoms with E-state index in [0.717, 1.165) is 76.8 Å². The highest BCUT2D eigenvalue weighted by Gasteiger charge is 2.25. The lowest BCUT2D eigenvalue weighted by molar-refractivity contribution is 0.756. The quantitative estimate of drug-likeness (QED) is 0.178. The number of dihydropyridines is 1.